The van der Waals surface area contributed by atoms with Gasteiger partial charge in [0.1, 0.15) is 6.17 Å². The van der Waals surface area contributed by atoms with Gasteiger partial charge in [-0.3, -0.25) is 4.79 Å². The zero-order valence-corrected chi connectivity index (χ0v) is 7.33. The second-order valence-electron chi connectivity index (χ2n) is 2.93. The van der Waals surface area contributed by atoms with Gasteiger partial charge >= 0.3 is 5.97 Å². The van der Waals surface area contributed by atoms with Gasteiger partial charge in [-0.25, -0.2) is 4.39 Å². The molecule has 1 aromatic rings. The summed E-state index contributed by atoms with van der Waals surface area (Å²) in [6.07, 6.45) is -1.01. The van der Waals surface area contributed by atoms with Crippen molar-refractivity contribution in [3.63, 3.8) is 0 Å². The third kappa shape index (κ3) is 2.86. The summed E-state index contributed by atoms with van der Waals surface area (Å²) in [7, 11) is 0. The molecular weight excluding hydrogens is 171 g/mol. The normalized spacial score (nSPS) is 12.5. The van der Waals surface area contributed by atoms with Crippen LogP contribution in [0.1, 0.15) is 24.2 Å². The lowest BCUT2D eigenvalue weighted by Crippen LogP contribution is -1.99. The van der Waals surface area contributed by atoms with E-state index in [1.54, 1.807) is 24.3 Å². The Bertz CT molecular complexity index is 290. The largest absolute Gasteiger partial charge is 0.481 e. The molecule has 1 rings (SSSR count). The number of hydrogen-bond acceptors (Lipinski definition) is 1. The number of alkyl halides is 1. The van der Waals surface area contributed by atoms with Crippen LogP contribution in [0.15, 0.2) is 24.3 Å². The van der Waals surface area contributed by atoms with Crippen LogP contribution in [0.3, 0.4) is 0 Å². The lowest BCUT2D eigenvalue weighted by Gasteiger charge is -2.02. The van der Waals surface area contributed by atoms with Crippen LogP contribution in [0.5, 0.6) is 0 Å². The van der Waals surface area contributed by atoms with E-state index in [0.717, 1.165) is 0 Å². The van der Waals surface area contributed by atoms with Gasteiger partial charge in [-0.15, -0.1) is 0 Å². The van der Waals surface area contributed by atoms with Crippen molar-refractivity contribution in [3.05, 3.63) is 35.4 Å². The number of carbonyl (C=O) groups is 1. The van der Waals surface area contributed by atoms with Crippen molar-refractivity contribution in [2.75, 3.05) is 0 Å². The fourth-order valence-corrected chi connectivity index (χ4v) is 1.08. The van der Waals surface area contributed by atoms with Crippen LogP contribution in [0, 0.1) is 0 Å². The van der Waals surface area contributed by atoms with Crippen molar-refractivity contribution in [2.45, 2.75) is 19.5 Å². The summed E-state index contributed by atoms with van der Waals surface area (Å²) in [6.45, 7) is 1.45. The van der Waals surface area contributed by atoms with Crippen LogP contribution in [0.2, 0.25) is 0 Å². The summed E-state index contributed by atoms with van der Waals surface area (Å²) in [5, 5.41) is 8.47. The second kappa shape index (κ2) is 4.03. The van der Waals surface area contributed by atoms with Gasteiger partial charge in [0, 0.05) is 0 Å². The van der Waals surface area contributed by atoms with Gasteiger partial charge in [0.05, 0.1) is 6.42 Å². The van der Waals surface area contributed by atoms with Crippen LogP contribution < -0.4 is 0 Å². The number of carboxylic acids is 1. The molecule has 13 heavy (non-hydrogen) atoms. The van der Waals surface area contributed by atoms with Crippen molar-refractivity contribution in [2.24, 2.45) is 0 Å². The predicted molar refractivity (Wildman–Crippen MR) is 47.3 cm³/mol. The summed E-state index contributed by atoms with van der Waals surface area (Å²) in [4.78, 5) is 10.3. The number of hydrogen-bond donors (Lipinski definition) is 1. The van der Waals surface area contributed by atoms with Gasteiger partial charge in [0.15, 0.2) is 0 Å². The Morgan fingerprint density at radius 3 is 2.38 bits per heavy atom. The Hall–Kier alpha value is -1.38. The van der Waals surface area contributed by atoms with Gasteiger partial charge < -0.3 is 5.11 Å². The lowest BCUT2D eigenvalue weighted by molar-refractivity contribution is -0.136. The SMILES string of the molecule is CC(F)c1ccc(CC(=O)O)cc1. The molecule has 1 N–H and O–H groups in total. The van der Waals surface area contributed by atoms with Crippen LogP contribution in [-0.4, -0.2) is 11.1 Å². The van der Waals surface area contributed by atoms with Gasteiger partial charge in [-0.1, -0.05) is 24.3 Å². The molecule has 0 heterocycles. The van der Waals surface area contributed by atoms with Crippen molar-refractivity contribution in [1.82, 2.24) is 0 Å². The molecule has 2 nitrogen and oxygen atoms in total. The molecule has 0 aliphatic carbocycles. The molecule has 0 bridgehead atoms. The molecule has 0 aliphatic rings. The van der Waals surface area contributed by atoms with Crippen molar-refractivity contribution < 1.29 is 14.3 Å². The van der Waals surface area contributed by atoms with Gasteiger partial charge in [-0.2, -0.15) is 0 Å². The van der Waals surface area contributed by atoms with Crippen molar-refractivity contribution in [1.29, 1.82) is 0 Å². The zero-order valence-electron chi connectivity index (χ0n) is 7.33. The Morgan fingerprint density at radius 1 is 1.46 bits per heavy atom. The number of aliphatic carboxylic acids is 1. The number of carboxylic acid groups (broad SMARTS) is 1. The molecule has 0 aliphatic heterocycles. The molecule has 0 radical (unpaired) electrons. The first-order valence-corrected chi connectivity index (χ1v) is 4.04. The van der Waals surface area contributed by atoms with E-state index in [1.807, 2.05) is 0 Å². The number of benzene rings is 1. The number of halogens is 1. The predicted octanol–water partition coefficient (Wildman–Crippen LogP) is 2.34. The molecule has 1 aromatic carbocycles. The fourth-order valence-electron chi connectivity index (χ4n) is 1.08. The first-order chi connectivity index (χ1) is 6.09. The maximum atomic E-state index is 12.7. The Kier molecular flexibility index (Phi) is 3.01. The molecule has 0 aromatic heterocycles. The van der Waals surface area contributed by atoms with Crippen molar-refractivity contribution >= 4 is 5.97 Å². The van der Waals surface area contributed by atoms with Crippen LogP contribution in [-0.2, 0) is 11.2 Å². The van der Waals surface area contributed by atoms with E-state index in [2.05, 4.69) is 0 Å². The smallest absolute Gasteiger partial charge is 0.307 e. The molecule has 1 unspecified atom stereocenters. The molecule has 0 saturated carbocycles. The molecule has 3 heteroatoms. The first kappa shape index (κ1) is 9.71. The maximum Gasteiger partial charge on any atom is 0.307 e. The highest BCUT2D eigenvalue weighted by Crippen LogP contribution is 2.16. The standard InChI is InChI=1S/C10H11FO2/c1-7(11)9-4-2-8(3-5-9)6-10(12)13/h2-5,7H,6H2,1H3,(H,12,13). The molecular formula is C10H11FO2. The third-order valence-electron chi connectivity index (χ3n) is 1.79. The van der Waals surface area contributed by atoms with Crippen LogP contribution in [0.25, 0.3) is 0 Å². The second-order valence-corrected chi connectivity index (χ2v) is 2.93. The Balaban J connectivity index is 2.75. The van der Waals surface area contributed by atoms with E-state index in [-0.39, 0.29) is 6.42 Å². The quantitative estimate of drug-likeness (QED) is 0.779. The number of rotatable bonds is 3. The summed E-state index contributed by atoms with van der Waals surface area (Å²) in [5.41, 5.74) is 1.27. The zero-order chi connectivity index (χ0) is 9.84. The summed E-state index contributed by atoms with van der Waals surface area (Å²) in [6, 6.07) is 6.50. The average molecular weight is 182 g/mol. The van der Waals surface area contributed by atoms with E-state index in [4.69, 9.17) is 5.11 Å². The minimum atomic E-state index is -1.00. The fraction of sp³-hybridized carbons (Fsp3) is 0.300. The van der Waals surface area contributed by atoms with E-state index in [9.17, 15) is 9.18 Å². The summed E-state index contributed by atoms with van der Waals surface area (Å²) >= 11 is 0. The topological polar surface area (TPSA) is 37.3 Å². The van der Waals surface area contributed by atoms with Crippen LogP contribution in [0.4, 0.5) is 4.39 Å². The highest BCUT2D eigenvalue weighted by Gasteiger charge is 2.03. The van der Waals surface area contributed by atoms with E-state index in [0.29, 0.717) is 11.1 Å². The van der Waals surface area contributed by atoms with Gasteiger partial charge in [0.25, 0.3) is 0 Å². The van der Waals surface area contributed by atoms with Crippen molar-refractivity contribution in [3.8, 4) is 0 Å². The average Bonchev–Trinajstić information content (AvgIpc) is 2.04. The van der Waals surface area contributed by atoms with Gasteiger partial charge in [-0.05, 0) is 18.1 Å². The molecule has 0 amide bonds. The highest BCUT2D eigenvalue weighted by molar-refractivity contribution is 5.70. The molecule has 0 fully saturated rings. The molecule has 0 spiro atoms. The van der Waals surface area contributed by atoms with Crippen LogP contribution >= 0.6 is 0 Å². The minimum Gasteiger partial charge on any atom is -0.481 e. The van der Waals surface area contributed by atoms with E-state index < -0.39 is 12.1 Å². The van der Waals surface area contributed by atoms with E-state index in [1.165, 1.54) is 6.92 Å². The molecule has 70 valence electrons. The maximum absolute atomic E-state index is 12.7. The summed E-state index contributed by atoms with van der Waals surface area (Å²) < 4.78 is 12.7. The first-order valence-electron chi connectivity index (χ1n) is 4.04. The lowest BCUT2D eigenvalue weighted by atomic mass is 10.1. The Labute approximate surface area is 76.0 Å². The highest BCUT2D eigenvalue weighted by atomic mass is 19.1. The van der Waals surface area contributed by atoms with Gasteiger partial charge in [0.2, 0.25) is 0 Å². The van der Waals surface area contributed by atoms with E-state index >= 15 is 0 Å². The summed E-state index contributed by atoms with van der Waals surface area (Å²) in [5.74, 6) is -0.874. The Morgan fingerprint density at radius 2 is 2.00 bits per heavy atom. The molecule has 0 saturated heterocycles. The minimum absolute atomic E-state index is 0.0129. The molecule has 1 atom stereocenters. The third-order valence-corrected chi connectivity index (χ3v) is 1.79. The monoisotopic (exact) mass is 182 g/mol.